The average Bonchev–Trinajstić information content (AvgIpc) is 0.811. The zero-order valence-electron chi connectivity index (χ0n) is 2.84. The van der Waals surface area contributed by atoms with Gasteiger partial charge in [0.1, 0.15) is 0 Å². The molecule has 0 unspecified atom stereocenters. The summed E-state index contributed by atoms with van der Waals surface area (Å²) in [5.74, 6) is 0. The Balaban J connectivity index is -0.0000000450. The molecular formula is CoLaO3Sr. The summed E-state index contributed by atoms with van der Waals surface area (Å²) in [6.07, 6.45) is 0. The first kappa shape index (κ1) is 15.8. The van der Waals surface area contributed by atoms with Gasteiger partial charge in [-0.15, -0.1) is 0 Å². The van der Waals surface area contributed by atoms with Crippen molar-refractivity contribution in [3.63, 3.8) is 0 Å². The summed E-state index contributed by atoms with van der Waals surface area (Å²) < 4.78 is 25.4. The first-order valence-corrected chi connectivity index (χ1v) is 1.68. The van der Waals surface area contributed by atoms with Gasteiger partial charge in [0.2, 0.25) is 0 Å². The summed E-state index contributed by atoms with van der Waals surface area (Å²) in [5, 5.41) is 0. The van der Waals surface area contributed by atoms with E-state index in [0.29, 0.717) is 0 Å². The zero-order valence-corrected chi connectivity index (χ0v) is 11.0. The van der Waals surface area contributed by atoms with Gasteiger partial charge in [0, 0.05) is 81.1 Å². The Morgan fingerprint density at radius 3 is 1.00 bits per heavy atom. The van der Waals surface area contributed by atoms with Gasteiger partial charge in [0.05, 0.1) is 0 Å². The quantitative estimate of drug-likeness (QED) is 0.549. The van der Waals surface area contributed by atoms with Gasteiger partial charge in [0.15, 0.2) is 0 Å². The molecule has 0 heterocycles. The Bertz CT molecular complexity index is 80.2. The monoisotopic (exact) mass is 334 g/mol. The second kappa shape index (κ2) is 10.5. The van der Waals surface area contributed by atoms with Crippen LogP contribution in [0.3, 0.4) is 0 Å². The Hall–Kier alpha value is 2.58. The van der Waals surface area contributed by atoms with Crippen LogP contribution in [0, 0.1) is 35.6 Å². The van der Waals surface area contributed by atoms with Crippen molar-refractivity contribution in [1.29, 1.82) is 0 Å². The van der Waals surface area contributed by atoms with Crippen LogP contribution in [0.25, 0.3) is 0 Å². The molecule has 6 heavy (non-hydrogen) atoms. The molecule has 0 aliphatic rings. The van der Waals surface area contributed by atoms with Crippen LogP contribution in [0.15, 0.2) is 0 Å². The number of rotatable bonds is 0. The molecule has 0 saturated heterocycles. The van der Waals surface area contributed by atoms with Gasteiger partial charge in [-0.2, -0.15) is 0 Å². The summed E-state index contributed by atoms with van der Waals surface area (Å²) in [7, 11) is 0. The van der Waals surface area contributed by atoms with E-state index in [4.69, 9.17) is 11.6 Å². The van der Waals surface area contributed by atoms with E-state index < -0.39 is 13.4 Å². The number of hydrogen-bond acceptors (Lipinski definition) is 3. The average molecular weight is 333 g/mol. The van der Waals surface area contributed by atoms with Crippen LogP contribution in [-0.4, -0.2) is 45.5 Å². The molecule has 0 atom stereocenters. The van der Waals surface area contributed by atoms with E-state index in [-0.39, 0.29) is 81.1 Å². The smallest absolute Gasteiger partial charge is 0 e. The van der Waals surface area contributed by atoms with E-state index in [2.05, 4.69) is 0 Å². The fourth-order valence-electron chi connectivity index (χ4n) is 0. The maximum atomic E-state index is 8.48. The Labute approximate surface area is 103 Å². The van der Waals surface area contributed by atoms with E-state index in [9.17, 15) is 0 Å². The first-order chi connectivity index (χ1) is 1.73. The molecule has 0 aromatic heterocycles. The minimum Gasteiger partial charge on any atom is 0 e. The zero-order chi connectivity index (χ0) is 3.58. The molecule has 0 fully saturated rings. The Kier molecular flexibility index (Phi) is 27.8. The van der Waals surface area contributed by atoms with Crippen LogP contribution in [0.5, 0.6) is 0 Å². The van der Waals surface area contributed by atoms with Crippen molar-refractivity contribution in [2.24, 2.45) is 0 Å². The van der Waals surface area contributed by atoms with Crippen LogP contribution in [0.2, 0.25) is 0 Å². The standard InChI is InChI=1S/Co.La.3O.Sr. The second-order valence-electron chi connectivity index (χ2n) is 0.167. The SMILES string of the molecule is [La].[O]=[Co](=[O])=[O].[Sr]. The molecular weight excluding hydrogens is 333 g/mol. The normalized spacial score (nSPS) is 5.50. The minimum atomic E-state index is -3.35. The van der Waals surface area contributed by atoms with E-state index in [1.165, 1.54) is 0 Å². The molecule has 6 heteroatoms. The maximum Gasteiger partial charge on any atom is 0 e. The van der Waals surface area contributed by atoms with Crippen molar-refractivity contribution in [3.8, 4) is 0 Å². The molecule has 0 rings (SSSR count). The number of hydrogen-bond donors (Lipinski definition) is 0. The molecule has 0 aromatic rings. The van der Waals surface area contributed by atoms with Crippen LogP contribution in [-0.2, 0) is 25.0 Å². The molecule has 32 valence electrons. The molecule has 0 aliphatic heterocycles. The predicted molar refractivity (Wildman–Crippen MR) is 7.81 cm³/mol. The van der Waals surface area contributed by atoms with E-state index in [1.807, 2.05) is 0 Å². The van der Waals surface area contributed by atoms with Crippen molar-refractivity contribution in [2.75, 3.05) is 0 Å². The van der Waals surface area contributed by atoms with Crippen LogP contribution in [0.1, 0.15) is 0 Å². The second-order valence-corrected chi connectivity index (χ2v) is 0.687. The third-order valence-electron chi connectivity index (χ3n) is 0. The molecule has 0 N–H and O–H groups in total. The molecule has 0 aliphatic carbocycles. The van der Waals surface area contributed by atoms with Crippen molar-refractivity contribution in [1.82, 2.24) is 0 Å². The summed E-state index contributed by atoms with van der Waals surface area (Å²) in [4.78, 5) is 0. The van der Waals surface area contributed by atoms with E-state index in [0.717, 1.165) is 0 Å². The van der Waals surface area contributed by atoms with E-state index in [1.54, 1.807) is 0 Å². The predicted octanol–water partition coefficient (Wildman–Crippen LogP) is -0.740. The molecule has 0 amide bonds. The van der Waals surface area contributed by atoms with Crippen LogP contribution >= 0.6 is 0 Å². The molecule has 0 bridgehead atoms. The van der Waals surface area contributed by atoms with Crippen LogP contribution in [0.4, 0.5) is 0 Å². The fourth-order valence-corrected chi connectivity index (χ4v) is 0. The van der Waals surface area contributed by atoms with Gasteiger partial charge in [-0.05, 0) is 0 Å². The summed E-state index contributed by atoms with van der Waals surface area (Å²) >= 11 is -3.35. The van der Waals surface area contributed by atoms with Crippen molar-refractivity contribution in [3.05, 3.63) is 0 Å². The topological polar surface area (TPSA) is 51.2 Å². The van der Waals surface area contributed by atoms with Gasteiger partial charge in [-0.1, -0.05) is 0 Å². The van der Waals surface area contributed by atoms with Crippen molar-refractivity contribution in [2.45, 2.75) is 0 Å². The van der Waals surface area contributed by atoms with Crippen LogP contribution < -0.4 is 0 Å². The molecule has 0 spiro atoms. The fraction of sp³-hybridized carbons (Fsp3) is 0. The van der Waals surface area contributed by atoms with Crippen molar-refractivity contribution >= 4 is 45.5 Å². The molecule has 3 nitrogen and oxygen atoms in total. The third-order valence-corrected chi connectivity index (χ3v) is 0. The van der Waals surface area contributed by atoms with E-state index >= 15 is 0 Å². The Morgan fingerprint density at radius 2 is 1.00 bits per heavy atom. The Morgan fingerprint density at radius 1 is 1.00 bits per heavy atom. The molecule has 0 saturated carbocycles. The third kappa shape index (κ3) is 30.8. The summed E-state index contributed by atoms with van der Waals surface area (Å²) in [6.45, 7) is 0. The maximum absolute atomic E-state index is 8.48. The van der Waals surface area contributed by atoms with Gasteiger partial charge < -0.3 is 0 Å². The van der Waals surface area contributed by atoms with Gasteiger partial charge in [-0.25, -0.2) is 0 Å². The van der Waals surface area contributed by atoms with Gasteiger partial charge in [0.25, 0.3) is 0 Å². The first-order valence-electron chi connectivity index (χ1n) is 0.408. The van der Waals surface area contributed by atoms with Gasteiger partial charge >= 0.3 is 25.0 Å². The van der Waals surface area contributed by atoms with Gasteiger partial charge in [-0.3, -0.25) is 0 Å². The molecule has 3 radical (unpaired) electrons. The molecule has 0 aromatic carbocycles. The largest absolute Gasteiger partial charge is 0 e. The summed E-state index contributed by atoms with van der Waals surface area (Å²) in [5.41, 5.74) is 0. The van der Waals surface area contributed by atoms with Crippen molar-refractivity contribution < 1.29 is 60.6 Å². The minimum absolute atomic E-state index is 0. The summed E-state index contributed by atoms with van der Waals surface area (Å²) in [6, 6.07) is 0.